The van der Waals surface area contributed by atoms with E-state index in [0.29, 0.717) is 6.54 Å². The third-order valence-electron chi connectivity index (χ3n) is 4.35. The summed E-state index contributed by atoms with van der Waals surface area (Å²) in [4.78, 5) is 12.7. The number of nitrogen functional groups attached to an aromatic ring is 1. The fraction of sp³-hybridized carbons (Fsp3) is 0.250. The topological polar surface area (TPSA) is 53.0 Å². The summed E-state index contributed by atoms with van der Waals surface area (Å²) in [6.07, 6.45) is 2.85. The van der Waals surface area contributed by atoms with Crippen molar-refractivity contribution in [2.24, 2.45) is 0 Å². The number of hydrogen-bond donors (Lipinski definition) is 1. The van der Waals surface area contributed by atoms with E-state index >= 15 is 0 Å². The van der Waals surface area contributed by atoms with Gasteiger partial charge in [-0.15, -0.1) is 0 Å². The number of fused-ring (bicyclic) bond motifs is 1. The van der Waals surface area contributed by atoms with E-state index < -0.39 is 0 Å². The lowest BCUT2D eigenvalue weighted by atomic mass is 10.1. The molecule has 0 spiro atoms. The number of anilines is 1. The van der Waals surface area contributed by atoms with Crippen LogP contribution in [0.3, 0.4) is 0 Å². The molecule has 3 aromatic rings. The maximum Gasteiger partial charge on any atom is 0.333 e. The minimum Gasteiger partial charge on any atom is -0.399 e. The number of imidazole rings is 1. The van der Waals surface area contributed by atoms with Gasteiger partial charge in [-0.3, -0.25) is 9.13 Å². The quantitative estimate of drug-likeness (QED) is 0.553. The van der Waals surface area contributed by atoms with Crippen LogP contribution in [0.5, 0.6) is 0 Å². The van der Waals surface area contributed by atoms with Gasteiger partial charge in [0.1, 0.15) is 0 Å². The number of nitrogens with zero attached hydrogens (tertiary/aromatic N) is 2. The molecule has 0 fully saturated rings. The molecule has 2 aromatic carbocycles. The average Bonchev–Trinajstić information content (AvgIpc) is 2.85. The Kier molecular flexibility index (Phi) is 4.56. The number of aromatic nitrogens is 2. The highest BCUT2D eigenvalue weighted by molar-refractivity contribution is 5.79. The summed E-state index contributed by atoms with van der Waals surface area (Å²) in [5.74, 6) is 0. The van der Waals surface area contributed by atoms with E-state index in [1.165, 1.54) is 5.56 Å². The predicted molar refractivity (Wildman–Crippen MR) is 101 cm³/mol. The molecule has 1 heterocycles. The van der Waals surface area contributed by atoms with Gasteiger partial charge < -0.3 is 5.73 Å². The Balaban J connectivity index is 1.76. The molecular weight excluding hydrogens is 298 g/mol. The average molecular weight is 321 g/mol. The first-order valence-electron chi connectivity index (χ1n) is 8.29. The van der Waals surface area contributed by atoms with Crippen LogP contribution in [0, 0.1) is 0 Å². The van der Waals surface area contributed by atoms with Crippen molar-refractivity contribution in [2.45, 2.75) is 32.7 Å². The van der Waals surface area contributed by atoms with Gasteiger partial charge in [-0.2, -0.15) is 0 Å². The van der Waals surface area contributed by atoms with E-state index in [-0.39, 0.29) is 5.69 Å². The highest BCUT2D eigenvalue weighted by atomic mass is 16.1. The van der Waals surface area contributed by atoms with Crippen LogP contribution >= 0.6 is 0 Å². The van der Waals surface area contributed by atoms with Gasteiger partial charge in [0.25, 0.3) is 0 Å². The molecule has 24 heavy (non-hydrogen) atoms. The number of benzene rings is 2. The van der Waals surface area contributed by atoms with Crippen molar-refractivity contribution in [3.63, 3.8) is 0 Å². The van der Waals surface area contributed by atoms with Crippen molar-refractivity contribution in [3.05, 3.63) is 71.2 Å². The van der Waals surface area contributed by atoms with Crippen molar-refractivity contribution >= 4 is 22.4 Å². The van der Waals surface area contributed by atoms with E-state index in [4.69, 9.17) is 5.73 Å². The summed E-state index contributed by atoms with van der Waals surface area (Å²) < 4.78 is 3.53. The molecule has 0 unspecified atom stereocenters. The number of aryl methyl sites for hydroxylation is 2. The number of nitrogens with two attached hydrogens (primary N) is 1. The number of hydrogen-bond acceptors (Lipinski definition) is 2. The standard InChI is InChI=1S/C20H23N3O/c1-15(2)23-19-13-6-5-12-18(19)22(20(23)24)14-8-7-10-16-9-3-4-11-17(16)21/h3-6,9,11-13H,1,7-8,10,14,21H2,2H3. The molecule has 124 valence electrons. The van der Waals surface area contributed by atoms with Crippen LogP contribution in [0.25, 0.3) is 16.7 Å². The van der Waals surface area contributed by atoms with Gasteiger partial charge in [-0.05, 0) is 49.9 Å². The molecule has 0 saturated carbocycles. The van der Waals surface area contributed by atoms with Crippen molar-refractivity contribution in [1.29, 1.82) is 0 Å². The Morgan fingerprint density at radius 1 is 1.04 bits per heavy atom. The first-order chi connectivity index (χ1) is 11.6. The molecule has 2 N–H and O–H groups in total. The SMILES string of the molecule is C=C(C)n1c(=O)n(CCCCc2ccccc2N)c2ccccc21. The molecule has 0 aliphatic heterocycles. The van der Waals surface area contributed by atoms with Crippen molar-refractivity contribution in [1.82, 2.24) is 9.13 Å². The van der Waals surface area contributed by atoms with Crippen molar-refractivity contribution < 1.29 is 0 Å². The Hall–Kier alpha value is -2.75. The lowest BCUT2D eigenvalue weighted by molar-refractivity contribution is 0.603. The van der Waals surface area contributed by atoms with Crippen LogP contribution in [0.15, 0.2) is 59.9 Å². The highest BCUT2D eigenvalue weighted by Crippen LogP contribution is 2.17. The van der Waals surface area contributed by atoms with Gasteiger partial charge in [-0.25, -0.2) is 4.79 Å². The van der Waals surface area contributed by atoms with Gasteiger partial charge >= 0.3 is 5.69 Å². The normalized spacial score (nSPS) is 11.0. The molecule has 0 atom stereocenters. The fourth-order valence-electron chi connectivity index (χ4n) is 3.14. The van der Waals surface area contributed by atoms with Crippen LogP contribution in [0.2, 0.25) is 0 Å². The maximum absolute atomic E-state index is 12.7. The molecule has 0 amide bonds. The molecule has 1 aromatic heterocycles. The van der Waals surface area contributed by atoms with Gasteiger partial charge in [0.05, 0.1) is 11.0 Å². The molecular formula is C20H23N3O. The Bertz CT molecular complexity index is 933. The molecule has 3 rings (SSSR count). The van der Waals surface area contributed by atoms with Gasteiger partial charge in [-0.1, -0.05) is 36.9 Å². The van der Waals surface area contributed by atoms with Crippen LogP contribution in [0.1, 0.15) is 25.3 Å². The minimum absolute atomic E-state index is 0.0112. The van der Waals surface area contributed by atoms with Crippen LogP contribution in [-0.2, 0) is 13.0 Å². The van der Waals surface area contributed by atoms with Crippen molar-refractivity contribution in [2.75, 3.05) is 5.73 Å². The zero-order valence-electron chi connectivity index (χ0n) is 14.0. The molecule has 0 saturated heterocycles. The lowest BCUT2D eigenvalue weighted by Crippen LogP contribution is -2.23. The molecule has 0 aliphatic carbocycles. The summed E-state index contributed by atoms with van der Waals surface area (Å²) in [6.45, 7) is 6.49. The monoisotopic (exact) mass is 321 g/mol. The summed E-state index contributed by atoms with van der Waals surface area (Å²) >= 11 is 0. The molecule has 0 aliphatic rings. The first-order valence-corrected chi connectivity index (χ1v) is 8.29. The van der Waals surface area contributed by atoms with E-state index in [2.05, 4.69) is 12.6 Å². The largest absolute Gasteiger partial charge is 0.399 e. The summed E-state index contributed by atoms with van der Waals surface area (Å²) in [5, 5.41) is 0. The van der Waals surface area contributed by atoms with E-state index in [1.807, 2.05) is 54.0 Å². The number of unbranched alkanes of at least 4 members (excludes halogenated alkanes) is 1. The van der Waals surface area contributed by atoms with Crippen molar-refractivity contribution in [3.8, 4) is 0 Å². The Morgan fingerprint density at radius 2 is 1.71 bits per heavy atom. The highest BCUT2D eigenvalue weighted by Gasteiger charge is 2.12. The van der Waals surface area contributed by atoms with Gasteiger partial charge in [0.15, 0.2) is 0 Å². The number of para-hydroxylation sites is 3. The third-order valence-corrected chi connectivity index (χ3v) is 4.35. The smallest absolute Gasteiger partial charge is 0.333 e. The first kappa shape index (κ1) is 16.1. The maximum atomic E-state index is 12.7. The number of rotatable bonds is 6. The van der Waals surface area contributed by atoms with E-state index in [9.17, 15) is 4.79 Å². The zero-order valence-corrected chi connectivity index (χ0v) is 14.0. The second-order valence-electron chi connectivity index (χ2n) is 6.15. The number of allylic oxidation sites excluding steroid dienone is 1. The summed E-state index contributed by atoms with van der Waals surface area (Å²) in [5.41, 5.74) is 10.6. The van der Waals surface area contributed by atoms with E-state index in [0.717, 1.165) is 41.7 Å². The molecule has 0 radical (unpaired) electrons. The van der Waals surface area contributed by atoms with Crippen LogP contribution in [0.4, 0.5) is 5.69 Å². The molecule has 0 bridgehead atoms. The molecule has 4 nitrogen and oxygen atoms in total. The predicted octanol–water partition coefficient (Wildman–Crippen LogP) is 3.90. The van der Waals surface area contributed by atoms with Gasteiger partial charge in [0.2, 0.25) is 0 Å². The van der Waals surface area contributed by atoms with Crippen LogP contribution in [-0.4, -0.2) is 9.13 Å². The lowest BCUT2D eigenvalue weighted by Gasteiger charge is -2.06. The fourth-order valence-corrected chi connectivity index (χ4v) is 3.14. The second-order valence-corrected chi connectivity index (χ2v) is 6.15. The minimum atomic E-state index is -0.0112. The zero-order chi connectivity index (χ0) is 17.1. The summed E-state index contributed by atoms with van der Waals surface area (Å²) in [7, 11) is 0. The third kappa shape index (κ3) is 3.00. The Labute approximate surface area is 141 Å². The summed E-state index contributed by atoms with van der Waals surface area (Å²) in [6, 6.07) is 15.8. The second kappa shape index (κ2) is 6.79. The molecule has 4 heteroatoms. The van der Waals surface area contributed by atoms with Crippen LogP contribution < -0.4 is 11.4 Å². The van der Waals surface area contributed by atoms with Gasteiger partial charge in [0, 0.05) is 17.9 Å². The van der Waals surface area contributed by atoms with E-state index in [1.54, 1.807) is 4.57 Å². The Morgan fingerprint density at radius 3 is 2.42 bits per heavy atom.